The molecule has 1 fully saturated rings. The summed E-state index contributed by atoms with van der Waals surface area (Å²) in [5.74, 6) is 1.42. The molecule has 4 nitrogen and oxygen atoms in total. The molecule has 0 radical (unpaired) electrons. The van der Waals surface area contributed by atoms with Crippen LogP contribution < -0.4 is 5.32 Å². The fraction of sp³-hybridized carbons (Fsp3) is 0.750. The van der Waals surface area contributed by atoms with E-state index in [4.69, 9.17) is 0 Å². The van der Waals surface area contributed by atoms with Crippen LogP contribution in [-0.2, 0) is 11.3 Å². The first-order chi connectivity index (χ1) is 10.0. The molecule has 1 saturated heterocycles. The number of thiazole rings is 1. The lowest BCUT2D eigenvalue weighted by Crippen LogP contribution is -2.33. The van der Waals surface area contributed by atoms with Crippen LogP contribution in [0.2, 0.25) is 0 Å². The predicted octanol–water partition coefficient (Wildman–Crippen LogP) is 3.75. The Balaban J connectivity index is 1.79. The molecule has 1 N–H and O–H groups in total. The zero-order valence-corrected chi connectivity index (χ0v) is 14.2. The highest BCUT2D eigenvalue weighted by atomic mass is 32.1. The molecule has 2 heterocycles. The number of likely N-dealkylation sites (tertiary alicyclic amines) is 1. The van der Waals surface area contributed by atoms with Gasteiger partial charge < -0.3 is 5.32 Å². The van der Waals surface area contributed by atoms with Crippen molar-refractivity contribution in [2.24, 2.45) is 11.8 Å². The maximum Gasteiger partial charge on any atom is 0.226 e. The van der Waals surface area contributed by atoms with Crippen molar-refractivity contribution in [2.45, 2.75) is 53.0 Å². The zero-order chi connectivity index (χ0) is 15.2. The third kappa shape index (κ3) is 5.75. The number of anilines is 1. The Labute approximate surface area is 132 Å². The van der Waals surface area contributed by atoms with E-state index in [0.717, 1.165) is 42.8 Å². The monoisotopic (exact) mass is 309 g/mol. The highest BCUT2D eigenvalue weighted by molar-refractivity contribution is 7.13. The Morgan fingerprint density at radius 3 is 3.10 bits per heavy atom. The van der Waals surface area contributed by atoms with Gasteiger partial charge in [0.05, 0.1) is 5.69 Å². The van der Waals surface area contributed by atoms with Gasteiger partial charge in [0.2, 0.25) is 5.91 Å². The van der Waals surface area contributed by atoms with Crippen LogP contribution in [0.4, 0.5) is 5.13 Å². The third-order valence-electron chi connectivity index (χ3n) is 3.87. The summed E-state index contributed by atoms with van der Waals surface area (Å²) >= 11 is 1.53. The predicted molar refractivity (Wildman–Crippen MR) is 88.5 cm³/mol. The third-order valence-corrected chi connectivity index (χ3v) is 4.68. The van der Waals surface area contributed by atoms with Crippen LogP contribution in [0.15, 0.2) is 5.38 Å². The number of piperidine rings is 1. The van der Waals surface area contributed by atoms with Crippen LogP contribution in [-0.4, -0.2) is 28.9 Å². The summed E-state index contributed by atoms with van der Waals surface area (Å²) in [4.78, 5) is 18.8. The van der Waals surface area contributed by atoms with Crippen molar-refractivity contribution in [3.63, 3.8) is 0 Å². The molecular formula is C16H27N3OS. The average Bonchev–Trinajstić information content (AvgIpc) is 2.83. The molecule has 21 heavy (non-hydrogen) atoms. The van der Waals surface area contributed by atoms with E-state index >= 15 is 0 Å². The summed E-state index contributed by atoms with van der Waals surface area (Å²) < 4.78 is 0. The van der Waals surface area contributed by atoms with E-state index in [-0.39, 0.29) is 5.91 Å². The van der Waals surface area contributed by atoms with E-state index in [2.05, 4.69) is 41.4 Å². The van der Waals surface area contributed by atoms with Gasteiger partial charge in [-0.15, -0.1) is 11.3 Å². The van der Waals surface area contributed by atoms with Crippen molar-refractivity contribution in [1.29, 1.82) is 0 Å². The number of carbonyl (C=O) groups is 1. The quantitative estimate of drug-likeness (QED) is 0.870. The van der Waals surface area contributed by atoms with Gasteiger partial charge in [-0.05, 0) is 37.6 Å². The summed E-state index contributed by atoms with van der Waals surface area (Å²) in [6, 6.07) is 0. The SMILES string of the molecule is CC(C)CCC(=O)Nc1nc(CN2CCCC(C)C2)cs1. The number of nitrogens with zero attached hydrogens (tertiary/aromatic N) is 2. The fourth-order valence-corrected chi connectivity index (χ4v) is 3.42. The number of amides is 1. The molecule has 1 unspecified atom stereocenters. The molecule has 0 saturated carbocycles. The van der Waals surface area contributed by atoms with Crippen LogP contribution in [0.3, 0.4) is 0 Å². The Bertz CT molecular complexity index is 458. The van der Waals surface area contributed by atoms with Crippen molar-refractivity contribution in [3.8, 4) is 0 Å². The van der Waals surface area contributed by atoms with E-state index in [1.807, 2.05) is 0 Å². The minimum absolute atomic E-state index is 0.0798. The highest BCUT2D eigenvalue weighted by Gasteiger charge is 2.17. The minimum Gasteiger partial charge on any atom is -0.302 e. The van der Waals surface area contributed by atoms with Gasteiger partial charge >= 0.3 is 0 Å². The zero-order valence-electron chi connectivity index (χ0n) is 13.4. The molecule has 0 aliphatic carbocycles. The number of rotatable bonds is 6. The molecule has 0 spiro atoms. The summed E-state index contributed by atoms with van der Waals surface area (Å²) in [7, 11) is 0. The Morgan fingerprint density at radius 1 is 1.57 bits per heavy atom. The Morgan fingerprint density at radius 2 is 2.38 bits per heavy atom. The first kappa shape index (κ1) is 16.4. The molecule has 1 atom stereocenters. The molecular weight excluding hydrogens is 282 g/mol. The van der Waals surface area contributed by atoms with Crippen LogP contribution in [0.25, 0.3) is 0 Å². The summed E-state index contributed by atoms with van der Waals surface area (Å²) in [5.41, 5.74) is 1.08. The number of nitrogens with one attached hydrogen (secondary N) is 1. The Hall–Kier alpha value is -0.940. The molecule has 0 bridgehead atoms. The minimum atomic E-state index is 0.0798. The largest absolute Gasteiger partial charge is 0.302 e. The van der Waals surface area contributed by atoms with Gasteiger partial charge in [-0.1, -0.05) is 20.8 Å². The van der Waals surface area contributed by atoms with Crippen molar-refractivity contribution < 1.29 is 4.79 Å². The summed E-state index contributed by atoms with van der Waals surface area (Å²) in [6.45, 7) is 9.81. The second-order valence-corrected chi connectivity index (χ2v) is 7.47. The molecule has 1 aromatic rings. The van der Waals surface area contributed by atoms with Gasteiger partial charge in [-0.3, -0.25) is 9.69 Å². The van der Waals surface area contributed by atoms with Gasteiger partial charge in [-0.25, -0.2) is 4.98 Å². The standard InChI is InChI=1S/C16H27N3OS/c1-12(2)6-7-15(20)18-16-17-14(11-21-16)10-19-8-4-5-13(3)9-19/h11-13H,4-10H2,1-3H3,(H,17,18,20). The first-order valence-corrected chi connectivity index (χ1v) is 8.87. The smallest absolute Gasteiger partial charge is 0.226 e. The van der Waals surface area contributed by atoms with Gasteiger partial charge in [0.1, 0.15) is 0 Å². The van der Waals surface area contributed by atoms with Gasteiger partial charge in [0.25, 0.3) is 0 Å². The maximum atomic E-state index is 11.8. The maximum absolute atomic E-state index is 11.8. The second kappa shape index (κ2) is 7.90. The lowest BCUT2D eigenvalue weighted by Gasteiger charge is -2.30. The van der Waals surface area contributed by atoms with E-state index in [1.54, 1.807) is 0 Å². The molecule has 2 rings (SSSR count). The van der Waals surface area contributed by atoms with Crippen molar-refractivity contribution in [2.75, 3.05) is 18.4 Å². The molecule has 0 aromatic carbocycles. The second-order valence-electron chi connectivity index (χ2n) is 6.61. The van der Waals surface area contributed by atoms with Crippen LogP contribution in [0, 0.1) is 11.8 Å². The number of hydrogen-bond donors (Lipinski definition) is 1. The van der Waals surface area contributed by atoms with Gasteiger partial charge in [-0.2, -0.15) is 0 Å². The van der Waals surface area contributed by atoms with Crippen molar-refractivity contribution >= 4 is 22.4 Å². The number of hydrogen-bond acceptors (Lipinski definition) is 4. The molecule has 118 valence electrons. The number of aromatic nitrogens is 1. The molecule has 1 amide bonds. The highest BCUT2D eigenvalue weighted by Crippen LogP contribution is 2.21. The molecule has 5 heteroatoms. The van der Waals surface area contributed by atoms with E-state index < -0.39 is 0 Å². The molecule has 1 aromatic heterocycles. The fourth-order valence-electron chi connectivity index (χ4n) is 2.70. The Kier molecular flexibility index (Phi) is 6.18. The summed E-state index contributed by atoms with van der Waals surface area (Å²) in [6.07, 6.45) is 4.13. The van der Waals surface area contributed by atoms with E-state index in [0.29, 0.717) is 12.3 Å². The van der Waals surface area contributed by atoms with Crippen LogP contribution in [0.1, 0.15) is 52.1 Å². The lowest BCUT2D eigenvalue weighted by molar-refractivity contribution is -0.116. The topological polar surface area (TPSA) is 45.2 Å². The van der Waals surface area contributed by atoms with Gasteiger partial charge in [0, 0.05) is 24.9 Å². The van der Waals surface area contributed by atoms with Crippen LogP contribution in [0.5, 0.6) is 0 Å². The first-order valence-electron chi connectivity index (χ1n) is 7.99. The normalized spacial score (nSPS) is 19.9. The number of carbonyl (C=O) groups excluding carboxylic acids is 1. The van der Waals surface area contributed by atoms with Gasteiger partial charge in [0.15, 0.2) is 5.13 Å². The average molecular weight is 309 g/mol. The summed E-state index contributed by atoms with van der Waals surface area (Å²) in [5, 5.41) is 5.72. The molecule has 1 aliphatic rings. The van der Waals surface area contributed by atoms with Crippen molar-refractivity contribution in [3.05, 3.63) is 11.1 Å². The molecule has 1 aliphatic heterocycles. The van der Waals surface area contributed by atoms with Crippen molar-refractivity contribution in [1.82, 2.24) is 9.88 Å². The van der Waals surface area contributed by atoms with Crippen LogP contribution >= 0.6 is 11.3 Å². The lowest BCUT2D eigenvalue weighted by atomic mass is 10.0. The van der Waals surface area contributed by atoms with E-state index in [1.165, 1.54) is 24.2 Å². The van der Waals surface area contributed by atoms with E-state index in [9.17, 15) is 4.79 Å².